The van der Waals surface area contributed by atoms with Crippen LogP contribution in [0.15, 0.2) is 59.6 Å². The minimum atomic E-state index is -1.28. The smallest absolute Gasteiger partial charge is 0.321 e. The third kappa shape index (κ3) is 7.10. The summed E-state index contributed by atoms with van der Waals surface area (Å²) in [6.07, 6.45) is -1.19. The Morgan fingerprint density at radius 1 is 1.06 bits per heavy atom. The summed E-state index contributed by atoms with van der Waals surface area (Å²) in [5, 5.41) is 11.4. The minimum absolute atomic E-state index is 0.0901. The Morgan fingerprint density at radius 2 is 1.73 bits per heavy atom. The summed E-state index contributed by atoms with van der Waals surface area (Å²) >= 11 is 0. The van der Waals surface area contributed by atoms with E-state index in [-0.39, 0.29) is 11.6 Å². The van der Waals surface area contributed by atoms with Crippen LogP contribution in [0, 0.1) is 0 Å². The van der Waals surface area contributed by atoms with E-state index in [2.05, 4.69) is 31.2 Å². The van der Waals surface area contributed by atoms with Crippen LogP contribution in [0.2, 0.25) is 0 Å². The summed E-state index contributed by atoms with van der Waals surface area (Å²) in [7, 11) is 3.96. The number of carbonyl (C=O) groups excluding carboxylic acids is 2. The number of amides is 2. The number of rotatable bonds is 8. The van der Waals surface area contributed by atoms with Gasteiger partial charge in [0.2, 0.25) is 0 Å². The van der Waals surface area contributed by atoms with Gasteiger partial charge in [-0.2, -0.15) is 0 Å². The van der Waals surface area contributed by atoms with Crippen LogP contribution in [0.4, 0.5) is 14.9 Å². The molecule has 0 saturated carbocycles. The number of carbonyl (C=O) groups is 2. The van der Waals surface area contributed by atoms with Crippen molar-refractivity contribution in [3.63, 3.8) is 0 Å². The zero-order valence-corrected chi connectivity index (χ0v) is 19.1. The van der Waals surface area contributed by atoms with Gasteiger partial charge in [0.05, 0.1) is 0 Å². The first-order valence-electron chi connectivity index (χ1n) is 11.0. The standard InChI is InChI=1S/C24H31FN6O2/c1-16-20(25)22(26-14-7-15-31(2)3)29-23(27-16)30-24(33)28-19-12-10-18(11-13-19)21(32)17-8-5-4-6-9-17/h4-6,8-13,16,20,23,27H,7,14-15H2,1-3H3,(H,26,29)(H2,28,30,33). The Kier molecular flexibility index (Phi) is 8.51. The molecule has 2 aromatic carbocycles. The molecule has 1 heterocycles. The maximum atomic E-state index is 14.5. The van der Waals surface area contributed by atoms with E-state index in [4.69, 9.17) is 0 Å². The lowest BCUT2D eigenvalue weighted by molar-refractivity contribution is 0.103. The highest BCUT2D eigenvalue weighted by Gasteiger charge is 2.30. The van der Waals surface area contributed by atoms with Crippen LogP contribution in [0.25, 0.3) is 0 Å². The number of hydrogen-bond donors (Lipinski definition) is 4. The van der Waals surface area contributed by atoms with Gasteiger partial charge in [-0.3, -0.25) is 10.1 Å². The fourth-order valence-corrected chi connectivity index (χ4v) is 3.40. The van der Waals surface area contributed by atoms with Crippen molar-refractivity contribution in [3.8, 4) is 0 Å². The first-order valence-corrected chi connectivity index (χ1v) is 11.0. The molecule has 0 bridgehead atoms. The average Bonchev–Trinajstić information content (AvgIpc) is 2.80. The zero-order valence-electron chi connectivity index (χ0n) is 19.1. The van der Waals surface area contributed by atoms with E-state index in [9.17, 15) is 14.0 Å². The predicted octanol–water partition coefficient (Wildman–Crippen LogP) is 2.59. The van der Waals surface area contributed by atoms with Crippen LogP contribution in [-0.4, -0.2) is 68.2 Å². The normalized spacial score (nSPS) is 20.2. The lowest BCUT2D eigenvalue weighted by atomic mass is 10.0. The summed E-state index contributed by atoms with van der Waals surface area (Å²) in [5.41, 5.74) is 1.65. The van der Waals surface area contributed by atoms with Gasteiger partial charge in [0, 0.05) is 29.4 Å². The molecule has 2 aromatic rings. The largest absolute Gasteiger partial charge is 0.371 e. The van der Waals surface area contributed by atoms with Gasteiger partial charge in [0.25, 0.3) is 0 Å². The van der Waals surface area contributed by atoms with Crippen molar-refractivity contribution in [2.45, 2.75) is 31.8 Å². The van der Waals surface area contributed by atoms with Crippen molar-refractivity contribution in [1.29, 1.82) is 0 Å². The van der Waals surface area contributed by atoms with E-state index in [0.717, 1.165) is 13.0 Å². The third-order valence-corrected chi connectivity index (χ3v) is 5.19. The zero-order chi connectivity index (χ0) is 23.8. The summed E-state index contributed by atoms with van der Waals surface area (Å²) in [5.74, 6) is 0.141. The van der Waals surface area contributed by atoms with E-state index < -0.39 is 24.5 Å². The highest BCUT2D eigenvalue weighted by atomic mass is 19.1. The van der Waals surface area contributed by atoms with E-state index in [1.165, 1.54) is 0 Å². The van der Waals surface area contributed by atoms with Gasteiger partial charge in [0.1, 0.15) is 5.84 Å². The Labute approximate surface area is 193 Å². The van der Waals surface area contributed by atoms with Crippen LogP contribution in [0.5, 0.6) is 0 Å². The minimum Gasteiger partial charge on any atom is -0.371 e. The molecular weight excluding hydrogens is 423 g/mol. The van der Waals surface area contributed by atoms with Crippen LogP contribution in [-0.2, 0) is 0 Å². The van der Waals surface area contributed by atoms with Crippen LogP contribution < -0.4 is 21.3 Å². The molecule has 0 aliphatic carbocycles. The van der Waals surface area contributed by atoms with Crippen LogP contribution in [0.1, 0.15) is 29.3 Å². The highest BCUT2D eigenvalue weighted by molar-refractivity contribution is 6.09. The number of amidine groups is 1. The van der Waals surface area contributed by atoms with Crippen molar-refractivity contribution in [3.05, 3.63) is 65.7 Å². The number of alkyl halides is 1. The number of hydrogen-bond acceptors (Lipinski definition) is 6. The maximum Gasteiger partial charge on any atom is 0.321 e. The van der Waals surface area contributed by atoms with E-state index in [1.54, 1.807) is 43.3 Å². The fourth-order valence-electron chi connectivity index (χ4n) is 3.40. The number of anilines is 1. The molecule has 0 saturated heterocycles. The second-order valence-electron chi connectivity index (χ2n) is 8.23. The SMILES string of the molecule is CC1NC(NC(=O)Nc2ccc(C(=O)c3ccccc3)cc2)N=C(NCCCN(C)C)C1F. The van der Waals surface area contributed by atoms with E-state index >= 15 is 0 Å². The molecule has 0 aromatic heterocycles. The van der Waals surface area contributed by atoms with Crippen molar-refractivity contribution >= 4 is 23.3 Å². The monoisotopic (exact) mass is 454 g/mol. The number of nitrogens with zero attached hydrogens (tertiary/aromatic N) is 2. The van der Waals surface area contributed by atoms with Crippen LogP contribution >= 0.6 is 0 Å². The third-order valence-electron chi connectivity index (χ3n) is 5.19. The fraction of sp³-hybridized carbons (Fsp3) is 0.375. The molecule has 0 fully saturated rings. The molecule has 2 amide bonds. The molecule has 3 rings (SSSR count). The summed E-state index contributed by atoms with van der Waals surface area (Å²) < 4.78 is 14.5. The molecule has 3 atom stereocenters. The summed E-state index contributed by atoms with van der Waals surface area (Å²) in [4.78, 5) is 31.3. The van der Waals surface area contributed by atoms with Gasteiger partial charge in [-0.1, -0.05) is 30.3 Å². The first-order chi connectivity index (χ1) is 15.8. The van der Waals surface area contributed by atoms with Crippen molar-refractivity contribution in [2.24, 2.45) is 4.99 Å². The predicted molar refractivity (Wildman–Crippen MR) is 128 cm³/mol. The van der Waals surface area contributed by atoms with Gasteiger partial charge in [-0.05, 0) is 58.3 Å². The average molecular weight is 455 g/mol. The lowest BCUT2D eigenvalue weighted by Crippen LogP contribution is -2.59. The number of aliphatic imine (C=N–C) groups is 1. The Hall–Kier alpha value is -3.30. The maximum absolute atomic E-state index is 14.5. The summed E-state index contributed by atoms with van der Waals surface area (Å²) in [6.45, 7) is 3.18. The molecule has 0 radical (unpaired) electrons. The van der Waals surface area contributed by atoms with Crippen LogP contribution in [0.3, 0.4) is 0 Å². The first kappa shape index (κ1) is 24.3. The Bertz CT molecular complexity index is 965. The summed E-state index contributed by atoms with van der Waals surface area (Å²) in [6, 6.07) is 14.6. The van der Waals surface area contributed by atoms with Crippen molar-refractivity contribution in [1.82, 2.24) is 20.9 Å². The van der Waals surface area contributed by atoms with Gasteiger partial charge in [-0.25, -0.2) is 14.2 Å². The number of urea groups is 1. The Balaban J connectivity index is 1.55. The highest BCUT2D eigenvalue weighted by Crippen LogP contribution is 2.14. The topological polar surface area (TPSA) is 97.9 Å². The van der Waals surface area contributed by atoms with Gasteiger partial charge in [0.15, 0.2) is 18.2 Å². The second kappa shape index (κ2) is 11.5. The molecule has 8 nitrogen and oxygen atoms in total. The molecule has 1 aliphatic heterocycles. The van der Waals surface area contributed by atoms with Gasteiger partial charge >= 0.3 is 6.03 Å². The van der Waals surface area contributed by atoms with Crippen molar-refractivity contribution in [2.75, 3.05) is 32.5 Å². The number of benzene rings is 2. The van der Waals surface area contributed by atoms with E-state index in [1.807, 2.05) is 32.3 Å². The quantitative estimate of drug-likeness (QED) is 0.363. The van der Waals surface area contributed by atoms with Gasteiger partial charge < -0.3 is 20.9 Å². The second-order valence-corrected chi connectivity index (χ2v) is 8.23. The molecule has 4 N–H and O–H groups in total. The molecule has 3 unspecified atom stereocenters. The molecule has 0 spiro atoms. The van der Waals surface area contributed by atoms with Gasteiger partial charge in [-0.15, -0.1) is 0 Å². The number of halogens is 1. The molecule has 1 aliphatic rings. The van der Waals surface area contributed by atoms with E-state index in [0.29, 0.717) is 23.4 Å². The molecule has 33 heavy (non-hydrogen) atoms. The number of nitrogens with one attached hydrogen (secondary N) is 4. The molecule has 176 valence electrons. The molecule has 9 heteroatoms. The molecular formula is C24H31FN6O2. The lowest BCUT2D eigenvalue weighted by Gasteiger charge is -2.31. The Morgan fingerprint density at radius 3 is 2.39 bits per heavy atom. The van der Waals surface area contributed by atoms with Crippen molar-refractivity contribution < 1.29 is 14.0 Å². The number of ketones is 1.